The topological polar surface area (TPSA) is 34.1 Å². The smallest absolute Gasteiger partial charge is 0.387 e. The summed E-state index contributed by atoms with van der Waals surface area (Å²) >= 11 is 0. The first-order chi connectivity index (χ1) is 9.65. The van der Waals surface area contributed by atoms with Gasteiger partial charge < -0.3 is 10.1 Å². The van der Waals surface area contributed by atoms with Crippen LogP contribution in [0, 0.1) is 0 Å². The van der Waals surface area contributed by atoms with Crippen LogP contribution in [0.5, 0.6) is 5.75 Å². The van der Waals surface area contributed by atoms with Gasteiger partial charge in [0, 0.05) is 25.0 Å². The van der Waals surface area contributed by atoms with Crippen molar-refractivity contribution in [3.05, 3.63) is 59.9 Å². The molecule has 3 nitrogen and oxygen atoms in total. The molecule has 0 fully saturated rings. The van der Waals surface area contributed by atoms with E-state index < -0.39 is 6.61 Å². The number of alkyl halides is 2. The van der Waals surface area contributed by atoms with Crippen LogP contribution in [0.15, 0.2) is 48.8 Å². The number of halogens is 2. The van der Waals surface area contributed by atoms with Gasteiger partial charge in [-0.25, -0.2) is 0 Å². The van der Waals surface area contributed by atoms with Crippen LogP contribution in [-0.4, -0.2) is 11.6 Å². The zero-order valence-electron chi connectivity index (χ0n) is 11.1. The van der Waals surface area contributed by atoms with Crippen LogP contribution >= 0.6 is 0 Å². The fourth-order valence-electron chi connectivity index (χ4n) is 1.81. The van der Waals surface area contributed by atoms with Crippen LogP contribution in [0.1, 0.15) is 24.1 Å². The summed E-state index contributed by atoms with van der Waals surface area (Å²) in [6.45, 7) is -0.0966. The largest absolute Gasteiger partial charge is 0.435 e. The molecule has 1 N–H and O–H groups in total. The Morgan fingerprint density at radius 3 is 2.55 bits per heavy atom. The van der Waals surface area contributed by atoms with Crippen LogP contribution < -0.4 is 10.1 Å². The Balaban J connectivity index is 1.88. The van der Waals surface area contributed by atoms with Crippen molar-refractivity contribution in [2.45, 2.75) is 26.1 Å². The van der Waals surface area contributed by atoms with E-state index in [4.69, 9.17) is 0 Å². The maximum Gasteiger partial charge on any atom is 0.387 e. The van der Waals surface area contributed by atoms with Gasteiger partial charge in [0.15, 0.2) is 0 Å². The molecule has 0 aliphatic carbocycles. The van der Waals surface area contributed by atoms with Crippen LogP contribution in [0.2, 0.25) is 0 Å². The lowest BCUT2D eigenvalue weighted by molar-refractivity contribution is -0.0498. The molecule has 0 saturated carbocycles. The minimum absolute atomic E-state index is 0.167. The Morgan fingerprint density at radius 2 is 1.95 bits per heavy atom. The quantitative estimate of drug-likeness (QED) is 0.877. The molecule has 0 aliphatic rings. The Bertz CT molecular complexity index is 517. The third-order valence-electron chi connectivity index (χ3n) is 2.95. The standard InChI is InChI=1S/C15H16F2N2O/c1-11(13-3-2-8-18-10-13)19-9-12-4-6-14(7-5-12)20-15(16)17/h2-8,10-11,15,19H,9H2,1H3/t11-/m0/s1. The van der Waals surface area contributed by atoms with Gasteiger partial charge >= 0.3 is 6.61 Å². The normalized spacial score (nSPS) is 12.4. The summed E-state index contributed by atoms with van der Waals surface area (Å²) in [5.74, 6) is 0.170. The molecule has 0 saturated heterocycles. The van der Waals surface area contributed by atoms with Crippen LogP contribution in [-0.2, 0) is 6.54 Å². The molecular weight excluding hydrogens is 262 g/mol. The van der Waals surface area contributed by atoms with Crippen molar-refractivity contribution in [3.63, 3.8) is 0 Å². The SMILES string of the molecule is C[C@H](NCc1ccc(OC(F)F)cc1)c1cccnc1. The second kappa shape index (κ2) is 6.96. The third-order valence-corrected chi connectivity index (χ3v) is 2.95. The van der Waals surface area contributed by atoms with Gasteiger partial charge in [0.25, 0.3) is 0 Å². The summed E-state index contributed by atoms with van der Waals surface area (Å²) in [7, 11) is 0. The maximum atomic E-state index is 12.0. The number of nitrogens with zero attached hydrogens (tertiary/aromatic N) is 1. The van der Waals surface area contributed by atoms with Gasteiger partial charge in [-0.15, -0.1) is 0 Å². The first-order valence-electron chi connectivity index (χ1n) is 6.32. The molecule has 0 amide bonds. The van der Waals surface area contributed by atoms with Crippen LogP contribution in [0.4, 0.5) is 8.78 Å². The maximum absolute atomic E-state index is 12.0. The van der Waals surface area contributed by atoms with Gasteiger partial charge in [-0.1, -0.05) is 18.2 Å². The van der Waals surface area contributed by atoms with E-state index in [1.165, 1.54) is 12.1 Å². The molecule has 0 bridgehead atoms. The molecule has 0 radical (unpaired) electrons. The molecular formula is C15H16F2N2O. The third kappa shape index (κ3) is 4.28. The molecule has 2 aromatic rings. The van der Waals surface area contributed by atoms with E-state index in [-0.39, 0.29) is 11.8 Å². The van der Waals surface area contributed by atoms with Gasteiger partial charge in [0.2, 0.25) is 0 Å². The number of ether oxygens (including phenoxy) is 1. The number of benzene rings is 1. The average Bonchev–Trinajstić information content (AvgIpc) is 2.46. The van der Waals surface area contributed by atoms with Crippen LogP contribution in [0.25, 0.3) is 0 Å². The molecule has 1 heterocycles. The molecule has 0 spiro atoms. The highest BCUT2D eigenvalue weighted by Gasteiger charge is 2.06. The minimum Gasteiger partial charge on any atom is -0.435 e. The number of pyridine rings is 1. The summed E-state index contributed by atoms with van der Waals surface area (Å²) in [5, 5.41) is 3.35. The van der Waals surface area contributed by atoms with Crippen molar-refractivity contribution in [3.8, 4) is 5.75 Å². The fourth-order valence-corrected chi connectivity index (χ4v) is 1.81. The van der Waals surface area contributed by atoms with E-state index in [0.29, 0.717) is 6.54 Å². The van der Waals surface area contributed by atoms with E-state index in [2.05, 4.69) is 15.0 Å². The van der Waals surface area contributed by atoms with E-state index in [1.807, 2.05) is 25.3 Å². The molecule has 2 rings (SSSR count). The van der Waals surface area contributed by atoms with Crippen molar-refractivity contribution in [1.82, 2.24) is 10.3 Å². The molecule has 0 unspecified atom stereocenters. The molecule has 0 aliphatic heterocycles. The van der Waals surface area contributed by atoms with Crippen LogP contribution in [0.3, 0.4) is 0 Å². The summed E-state index contributed by atoms with van der Waals surface area (Å²) in [4.78, 5) is 4.07. The zero-order chi connectivity index (χ0) is 14.4. The lowest BCUT2D eigenvalue weighted by Gasteiger charge is -2.14. The van der Waals surface area contributed by atoms with E-state index in [0.717, 1.165) is 11.1 Å². The number of hydrogen-bond donors (Lipinski definition) is 1. The highest BCUT2D eigenvalue weighted by atomic mass is 19.3. The predicted molar refractivity (Wildman–Crippen MR) is 72.6 cm³/mol. The first-order valence-corrected chi connectivity index (χ1v) is 6.32. The minimum atomic E-state index is -2.79. The lowest BCUT2D eigenvalue weighted by atomic mass is 10.1. The molecule has 1 aromatic carbocycles. The second-order valence-corrected chi connectivity index (χ2v) is 4.41. The number of aromatic nitrogens is 1. The molecule has 20 heavy (non-hydrogen) atoms. The summed E-state index contributed by atoms with van der Waals surface area (Å²) < 4.78 is 28.3. The fraction of sp³-hybridized carbons (Fsp3) is 0.267. The number of hydrogen-bond acceptors (Lipinski definition) is 3. The van der Waals surface area contributed by atoms with Gasteiger partial charge in [-0.3, -0.25) is 4.98 Å². The molecule has 1 aromatic heterocycles. The monoisotopic (exact) mass is 278 g/mol. The average molecular weight is 278 g/mol. The van der Waals surface area contributed by atoms with Crippen molar-refractivity contribution >= 4 is 0 Å². The van der Waals surface area contributed by atoms with Gasteiger partial charge in [0.1, 0.15) is 5.75 Å². The molecule has 1 atom stereocenters. The van der Waals surface area contributed by atoms with Crippen molar-refractivity contribution in [1.29, 1.82) is 0 Å². The van der Waals surface area contributed by atoms with Gasteiger partial charge in [-0.2, -0.15) is 8.78 Å². The molecule has 106 valence electrons. The van der Waals surface area contributed by atoms with Gasteiger partial charge in [0.05, 0.1) is 0 Å². The Kier molecular flexibility index (Phi) is 5.01. The summed E-state index contributed by atoms with van der Waals surface area (Å²) in [6.07, 6.45) is 3.55. The van der Waals surface area contributed by atoms with Crippen molar-refractivity contribution < 1.29 is 13.5 Å². The van der Waals surface area contributed by atoms with Gasteiger partial charge in [-0.05, 0) is 36.2 Å². The lowest BCUT2D eigenvalue weighted by Crippen LogP contribution is -2.18. The van der Waals surface area contributed by atoms with E-state index >= 15 is 0 Å². The zero-order valence-corrected chi connectivity index (χ0v) is 11.1. The molecule has 5 heteroatoms. The predicted octanol–water partition coefficient (Wildman–Crippen LogP) is 3.53. The number of rotatable bonds is 6. The highest BCUT2D eigenvalue weighted by Crippen LogP contribution is 2.16. The Labute approximate surface area is 116 Å². The first kappa shape index (κ1) is 14.4. The van der Waals surface area contributed by atoms with E-state index in [9.17, 15) is 8.78 Å². The van der Waals surface area contributed by atoms with E-state index in [1.54, 1.807) is 18.3 Å². The van der Waals surface area contributed by atoms with Crippen molar-refractivity contribution in [2.75, 3.05) is 0 Å². The summed E-state index contributed by atoms with van der Waals surface area (Å²) in [5.41, 5.74) is 2.10. The van der Waals surface area contributed by atoms with Crippen molar-refractivity contribution in [2.24, 2.45) is 0 Å². The Hall–Kier alpha value is -2.01. The Morgan fingerprint density at radius 1 is 1.20 bits per heavy atom. The highest BCUT2D eigenvalue weighted by molar-refractivity contribution is 5.27. The summed E-state index contributed by atoms with van der Waals surface area (Å²) in [6, 6.07) is 10.7. The second-order valence-electron chi connectivity index (χ2n) is 4.41. The number of nitrogens with one attached hydrogen (secondary N) is 1.